The van der Waals surface area contributed by atoms with Crippen LogP contribution in [0.25, 0.3) is 16.9 Å². The minimum absolute atomic E-state index is 0.343. The Hall–Kier alpha value is -1.39. The monoisotopic (exact) mass is 349 g/mol. The van der Waals surface area contributed by atoms with Gasteiger partial charge in [0.05, 0.1) is 11.6 Å². The fourth-order valence-electron chi connectivity index (χ4n) is 2.25. The second-order valence-electron chi connectivity index (χ2n) is 4.81. The van der Waals surface area contributed by atoms with Crippen molar-refractivity contribution in [2.75, 3.05) is 0 Å². The second-order valence-corrected chi connectivity index (χ2v) is 5.93. The van der Waals surface area contributed by atoms with Gasteiger partial charge in [-0.25, -0.2) is 9.97 Å². The molecule has 2 aromatic heterocycles. The summed E-state index contributed by atoms with van der Waals surface area (Å²) in [6.07, 6.45) is 1.85. The minimum atomic E-state index is 0.343. The van der Waals surface area contributed by atoms with Crippen molar-refractivity contribution in [2.24, 2.45) is 0 Å². The molecule has 0 aliphatic rings. The molecule has 3 rings (SSSR count). The molecule has 0 atom stereocenters. The van der Waals surface area contributed by atoms with Gasteiger partial charge in [0.2, 0.25) is 0 Å². The summed E-state index contributed by atoms with van der Waals surface area (Å²) in [6, 6.07) is 8.22. The fraction of sp³-hybridized carbons (Fsp3) is 0.200. The van der Waals surface area contributed by atoms with Crippen LogP contribution in [0.5, 0.6) is 0 Å². The summed E-state index contributed by atoms with van der Waals surface area (Å²) in [5.41, 5.74) is 4.98. The molecular formula is C15H13BrClN3. The molecule has 0 radical (unpaired) electrons. The maximum absolute atomic E-state index is 6.06. The molecule has 0 aliphatic heterocycles. The van der Waals surface area contributed by atoms with Crippen molar-refractivity contribution >= 4 is 38.7 Å². The molecule has 3 nitrogen and oxygen atoms in total. The SMILES string of the molecule is Cc1ccc(Br)c(-n2c(CCl)nc3cc(C)cnc32)c1. The number of hydrogen-bond acceptors (Lipinski definition) is 2. The third-order valence-corrected chi connectivity index (χ3v) is 4.08. The first-order valence-corrected chi connectivity index (χ1v) is 7.59. The lowest BCUT2D eigenvalue weighted by atomic mass is 10.2. The predicted octanol–water partition coefficient (Wildman–Crippen LogP) is 4.54. The topological polar surface area (TPSA) is 30.7 Å². The number of rotatable bonds is 2. The highest BCUT2D eigenvalue weighted by Crippen LogP contribution is 2.28. The number of aryl methyl sites for hydroxylation is 2. The highest BCUT2D eigenvalue weighted by Gasteiger charge is 2.15. The van der Waals surface area contributed by atoms with E-state index in [4.69, 9.17) is 11.6 Å². The third kappa shape index (κ3) is 2.23. The van der Waals surface area contributed by atoms with Crippen LogP contribution >= 0.6 is 27.5 Å². The summed E-state index contributed by atoms with van der Waals surface area (Å²) in [5, 5.41) is 0. The molecule has 0 bridgehead atoms. The van der Waals surface area contributed by atoms with Gasteiger partial charge in [-0.1, -0.05) is 6.07 Å². The number of imidazole rings is 1. The van der Waals surface area contributed by atoms with Crippen LogP contribution in [-0.4, -0.2) is 14.5 Å². The van der Waals surface area contributed by atoms with Crippen molar-refractivity contribution < 1.29 is 0 Å². The van der Waals surface area contributed by atoms with E-state index in [0.717, 1.165) is 32.7 Å². The quantitative estimate of drug-likeness (QED) is 0.635. The zero-order valence-electron chi connectivity index (χ0n) is 11.2. The number of nitrogens with zero attached hydrogens (tertiary/aromatic N) is 3. The summed E-state index contributed by atoms with van der Waals surface area (Å²) in [7, 11) is 0. The number of hydrogen-bond donors (Lipinski definition) is 0. The summed E-state index contributed by atoms with van der Waals surface area (Å²) < 4.78 is 3.01. The molecule has 0 spiro atoms. The molecule has 102 valence electrons. The first kappa shape index (κ1) is 13.6. The van der Waals surface area contributed by atoms with E-state index in [1.165, 1.54) is 5.56 Å². The van der Waals surface area contributed by atoms with Crippen molar-refractivity contribution in [2.45, 2.75) is 19.7 Å². The molecular weight excluding hydrogens is 338 g/mol. The maximum Gasteiger partial charge on any atom is 0.164 e. The molecule has 0 unspecified atom stereocenters. The Labute approximate surface area is 130 Å². The molecule has 0 N–H and O–H groups in total. The van der Waals surface area contributed by atoms with Crippen molar-refractivity contribution in [3.05, 3.63) is 51.9 Å². The Bertz CT molecular complexity index is 795. The lowest BCUT2D eigenvalue weighted by molar-refractivity contribution is 0.963. The standard InChI is InChI=1S/C15H13BrClN3/c1-9-3-4-11(16)13(6-9)20-14(7-17)19-12-5-10(2)8-18-15(12)20/h3-6,8H,7H2,1-2H3. The second kappa shape index (κ2) is 5.19. The van der Waals surface area contributed by atoms with Gasteiger partial charge >= 0.3 is 0 Å². The number of alkyl halides is 1. The average Bonchev–Trinajstić information content (AvgIpc) is 2.78. The van der Waals surface area contributed by atoms with Crippen LogP contribution in [0.3, 0.4) is 0 Å². The molecule has 0 amide bonds. The van der Waals surface area contributed by atoms with Gasteiger partial charge in [-0.3, -0.25) is 4.57 Å². The van der Waals surface area contributed by atoms with Gasteiger partial charge in [0.1, 0.15) is 11.3 Å². The van der Waals surface area contributed by atoms with Gasteiger partial charge in [-0.2, -0.15) is 0 Å². The Balaban J connectivity index is 2.37. The smallest absolute Gasteiger partial charge is 0.164 e. The molecule has 5 heteroatoms. The van der Waals surface area contributed by atoms with E-state index in [1.807, 2.05) is 29.8 Å². The van der Waals surface area contributed by atoms with Crippen LogP contribution < -0.4 is 0 Å². The van der Waals surface area contributed by atoms with E-state index < -0.39 is 0 Å². The van der Waals surface area contributed by atoms with E-state index in [9.17, 15) is 0 Å². The number of pyridine rings is 1. The van der Waals surface area contributed by atoms with Crippen molar-refractivity contribution in [3.8, 4) is 5.69 Å². The van der Waals surface area contributed by atoms with Crippen LogP contribution in [0.15, 0.2) is 34.9 Å². The highest BCUT2D eigenvalue weighted by molar-refractivity contribution is 9.10. The molecule has 2 heterocycles. The molecule has 0 aliphatic carbocycles. The first-order chi connectivity index (χ1) is 9.60. The van der Waals surface area contributed by atoms with E-state index in [0.29, 0.717) is 5.88 Å². The van der Waals surface area contributed by atoms with E-state index in [2.05, 4.69) is 45.0 Å². The maximum atomic E-state index is 6.06. The lowest BCUT2D eigenvalue weighted by Gasteiger charge is -2.10. The fourth-order valence-corrected chi connectivity index (χ4v) is 2.85. The zero-order chi connectivity index (χ0) is 14.3. The lowest BCUT2D eigenvalue weighted by Crippen LogP contribution is -2.01. The number of aromatic nitrogens is 3. The minimum Gasteiger partial charge on any atom is -0.279 e. The van der Waals surface area contributed by atoms with Gasteiger partial charge in [0.25, 0.3) is 0 Å². The molecule has 0 saturated carbocycles. The third-order valence-electron chi connectivity index (χ3n) is 3.17. The Morgan fingerprint density at radius 1 is 1.20 bits per heavy atom. The zero-order valence-corrected chi connectivity index (χ0v) is 13.5. The van der Waals surface area contributed by atoms with E-state index in [1.54, 1.807) is 0 Å². The summed E-state index contributed by atoms with van der Waals surface area (Å²) >= 11 is 9.65. The van der Waals surface area contributed by atoms with Gasteiger partial charge in [0.15, 0.2) is 5.65 Å². The van der Waals surface area contributed by atoms with Gasteiger partial charge in [-0.15, -0.1) is 11.6 Å². The first-order valence-electron chi connectivity index (χ1n) is 6.26. The summed E-state index contributed by atoms with van der Waals surface area (Å²) in [6.45, 7) is 4.07. The van der Waals surface area contributed by atoms with Crippen LogP contribution in [0.4, 0.5) is 0 Å². The van der Waals surface area contributed by atoms with Crippen LogP contribution in [0.2, 0.25) is 0 Å². The highest BCUT2D eigenvalue weighted by atomic mass is 79.9. The molecule has 0 saturated heterocycles. The van der Waals surface area contributed by atoms with Crippen LogP contribution in [0, 0.1) is 13.8 Å². The van der Waals surface area contributed by atoms with E-state index in [-0.39, 0.29) is 0 Å². The van der Waals surface area contributed by atoms with Gasteiger partial charge in [-0.05, 0) is 59.1 Å². The van der Waals surface area contributed by atoms with Gasteiger partial charge in [0, 0.05) is 10.7 Å². The van der Waals surface area contributed by atoms with Crippen molar-refractivity contribution in [1.29, 1.82) is 0 Å². The molecule has 1 aromatic carbocycles. The largest absolute Gasteiger partial charge is 0.279 e. The Kier molecular flexibility index (Phi) is 3.52. The predicted molar refractivity (Wildman–Crippen MR) is 85.6 cm³/mol. The van der Waals surface area contributed by atoms with Crippen LogP contribution in [-0.2, 0) is 5.88 Å². The Morgan fingerprint density at radius 3 is 2.75 bits per heavy atom. The average molecular weight is 351 g/mol. The molecule has 20 heavy (non-hydrogen) atoms. The summed E-state index contributed by atoms with van der Waals surface area (Å²) in [4.78, 5) is 9.10. The van der Waals surface area contributed by atoms with Crippen molar-refractivity contribution in [3.63, 3.8) is 0 Å². The molecule has 0 fully saturated rings. The number of fused-ring (bicyclic) bond motifs is 1. The normalized spacial score (nSPS) is 11.2. The Morgan fingerprint density at radius 2 is 2.00 bits per heavy atom. The van der Waals surface area contributed by atoms with Crippen LogP contribution in [0.1, 0.15) is 17.0 Å². The van der Waals surface area contributed by atoms with Gasteiger partial charge < -0.3 is 0 Å². The molecule has 3 aromatic rings. The number of benzene rings is 1. The number of halogens is 2. The van der Waals surface area contributed by atoms with E-state index >= 15 is 0 Å². The van der Waals surface area contributed by atoms with Crippen molar-refractivity contribution in [1.82, 2.24) is 14.5 Å². The summed E-state index contributed by atoms with van der Waals surface area (Å²) in [5.74, 6) is 1.14.